The van der Waals surface area contributed by atoms with Gasteiger partial charge in [0.05, 0.1) is 7.11 Å². The van der Waals surface area contributed by atoms with Crippen LogP contribution < -0.4 is 4.74 Å². The molecule has 21 heavy (non-hydrogen) atoms. The van der Waals surface area contributed by atoms with Crippen LogP contribution in [0.15, 0.2) is 34.3 Å². The molecule has 1 aromatic rings. The Morgan fingerprint density at radius 2 is 1.76 bits per heavy atom. The second-order valence-electron chi connectivity index (χ2n) is 4.79. The molecule has 0 aliphatic carbocycles. The van der Waals surface area contributed by atoms with Gasteiger partial charge in [0.2, 0.25) is 0 Å². The van der Waals surface area contributed by atoms with Gasteiger partial charge in [-0.15, -0.1) is 0 Å². The minimum atomic E-state index is -0.741. The second kappa shape index (κ2) is 4.69. The van der Waals surface area contributed by atoms with Gasteiger partial charge in [-0.3, -0.25) is 9.69 Å². The predicted octanol–water partition coefficient (Wildman–Crippen LogP) is 0.746. The quantitative estimate of drug-likeness (QED) is 0.804. The number of carbonyl (C=O) groups is 2. The number of nitrogens with zero attached hydrogens (tertiary/aromatic N) is 4. The summed E-state index contributed by atoms with van der Waals surface area (Å²) in [7, 11) is 4.75. The van der Waals surface area contributed by atoms with E-state index in [1.165, 1.54) is 7.05 Å². The van der Waals surface area contributed by atoms with Gasteiger partial charge >= 0.3 is 6.03 Å². The van der Waals surface area contributed by atoms with Crippen LogP contribution in [0.2, 0.25) is 0 Å². The molecule has 0 spiro atoms. The molecule has 2 aliphatic rings. The van der Waals surface area contributed by atoms with Crippen LogP contribution in [0.1, 0.15) is 5.56 Å². The summed E-state index contributed by atoms with van der Waals surface area (Å²) >= 11 is 0. The molecule has 0 fully saturated rings. The number of likely N-dealkylation sites (N-methyl/N-ethyl adjacent to an activating group) is 2. The average molecular weight is 286 g/mol. The van der Waals surface area contributed by atoms with Gasteiger partial charge in [-0.05, 0) is 24.3 Å². The lowest BCUT2D eigenvalue weighted by atomic mass is 10.2. The molecule has 3 rings (SSSR count). The molecule has 1 atom stereocenters. The van der Waals surface area contributed by atoms with E-state index >= 15 is 0 Å². The summed E-state index contributed by atoms with van der Waals surface area (Å²) in [6.45, 7) is 0. The summed E-state index contributed by atoms with van der Waals surface area (Å²) < 4.78 is 5.12. The number of methoxy groups -OCH3 is 1. The number of amidine groups is 2. The van der Waals surface area contributed by atoms with Crippen LogP contribution in [-0.2, 0) is 4.79 Å². The molecule has 108 valence electrons. The molecule has 3 amide bonds. The Hall–Kier alpha value is -2.70. The van der Waals surface area contributed by atoms with Gasteiger partial charge in [-0.25, -0.2) is 9.79 Å². The number of benzene rings is 1. The van der Waals surface area contributed by atoms with Crippen LogP contribution in [0.25, 0.3) is 0 Å². The van der Waals surface area contributed by atoms with E-state index in [0.717, 1.165) is 16.2 Å². The SMILES string of the molecule is COc1ccc(C2=NC3C(=O)N(C)C(=O)N=C3N2C)cc1. The average Bonchev–Trinajstić information content (AvgIpc) is 2.82. The first kappa shape index (κ1) is 13.3. The highest BCUT2D eigenvalue weighted by atomic mass is 16.5. The highest BCUT2D eigenvalue weighted by Crippen LogP contribution is 2.22. The lowest BCUT2D eigenvalue weighted by Gasteiger charge is -2.23. The fraction of sp³-hybridized carbons (Fsp3) is 0.286. The van der Waals surface area contributed by atoms with Crippen LogP contribution in [0, 0.1) is 0 Å². The summed E-state index contributed by atoms with van der Waals surface area (Å²) in [5, 5.41) is 0. The smallest absolute Gasteiger partial charge is 0.351 e. The molecule has 0 bridgehead atoms. The van der Waals surface area contributed by atoms with Gasteiger partial charge < -0.3 is 9.64 Å². The number of carbonyl (C=O) groups excluding carboxylic acids is 2. The van der Waals surface area contributed by atoms with Crippen molar-refractivity contribution in [1.29, 1.82) is 0 Å². The van der Waals surface area contributed by atoms with E-state index in [2.05, 4.69) is 9.98 Å². The van der Waals surface area contributed by atoms with Crippen molar-refractivity contribution in [2.45, 2.75) is 6.04 Å². The molecular weight excluding hydrogens is 272 g/mol. The maximum atomic E-state index is 12.1. The zero-order valence-electron chi connectivity index (χ0n) is 11.9. The Balaban J connectivity index is 2.00. The minimum absolute atomic E-state index is 0.361. The van der Waals surface area contributed by atoms with Crippen molar-refractivity contribution in [2.24, 2.45) is 9.98 Å². The van der Waals surface area contributed by atoms with Crippen molar-refractivity contribution in [2.75, 3.05) is 21.2 Å². The van der Waals surface area contributed by atoms with E-state index in [9.17, 15) is 9.59 Å². The molecule has 1 aromatic carbocycles. The predicted molar refractivity (Wildman–Crippen MR) is 76.7 cm³/mol. The minimum Gasteiger partial charge on any atom is -0.497 e. The van der Waals surface area contributed by atoms with Gasteiger partial charge in [0.1, 0.15) is 11.6 Å². The molecule has 0 aromatic heterocycles. The maximum absolute atomic E-state index is 12.1. The number of fused-ring (bicyclic) bond motifs is 1. The van der Waals surface area contributed by atoms with Gasteiger partial charge in [0.25, 0.3) is 5.91 Å². The van der Waals surface area contributed by atoms with E-state index in [-0.39, 0.29) is 5.91 Å². The molecule has 0 N–H and O–H groups in total. The lowest BCUT2D eigenvalue weighted by molar-refractivity contribution is -0.127. The lowest BCUT2D eigenvalue weighted by Crippen LogP contribution is -2.48. The molecule has 7 nitrogen and oxygen atoms in total. The zero-order chi connectivity index (χ0) is 15.1. The molecule has 7 heteroatoms. The Bertz CT molecular complexity index is 678. The zero-order valence-corrected chi connectivity index (χ0v) is 11.9. The van der Waals surface area contributed by atoms with Crippen molar-refractivity contribution in [1.82, 2.24) is 9.80 Å². The highest BCUT2D eigenvalue weighted by molar-refractivity contribution is 6.27. The van der Waals surface area contributed by atoms with Crippen LogP contribution in [-0.4, -0.2) is 60.7 Å². The largest absolute Gasteiger partial charge is 0.497 e. The number of urea groups is 1. The number of amides is 3. The third-order valence-corrected chi connectivity index (χ3v) is 3.57. The van der Waals surface area contributed by atoms with Crippen molar-refractivity contribution < 1.29 is 14.3 Å². The Morgan fingerprint density at radius 3 is 2.38 bits per heavy atom. The summed E-state index contributed by atoms with van der Waals surface area (Å²) in [6, 6.07) is 6.02. The van der Waals surface area contributed by atoms with Crippen molar-refractivity contribution in [3.8, 4) is 5.75 Å². The normalized spacial score (nSPS) is 21.2. The Labute approximate surface area is 121 Å². The number of ether oxygens (including phenoxy) is 1. The first-order chi connectivity index (χ1) is 10.0. The molecule has 1 unspecified atom stereocenters. The van der Waals surface area contributed by atoms with Crippen molar-refractivity contribution in [3.63, 3.8) is 0 Å². The van der Waals surface area contributed by atoms with Gasteiger partial charge in [0.15, 0.2) is 11.9 Å². The van der Waals surface area contributed by atoms with Crippen LogP contribution in [0.3, 0.4) is 0 Å². The fourth-order valence-corrected chi connectivity index (χ4v) is 2.32. The first-order valence-electron chi connectivity index (χ1n) is 6.39. The van der Waals surface area contributed by atoms with Gasteiger partial charge in [-0.1, -0.05) is 0 Å². The topological polar surface area (TPSA) is 74.6 Å². The number of hydrogen-bond acceptors (Lipinski definition) is 5. The Kier molecular flexibility index (Phi) is 2.97. The maximum Gasteiger partial charge on any atom is 0.351 e. The van der Waals surface area contributed by atoms with Gasteiger partial charge in [0, 0.05) is 19.7 Å². The van der Waals surface area contributed by atoms with Crippen LogP contribution >= 0.6 is 0 Å². The van der Waals surface area contributed by atoms with Gasteiger partial charge in [-0.2, -0.15) is 4.99 Å². The number of rotatable bonds is 2. The summed E-state index contributed by atoms with van der Waals surface area (Å²) in [5.41, 5.74) is 0.832. The standard InChI is InChI=1S/C14H14N4O3/c1-17-11(8-4-6-9(21-3)7-5-8)15-10-12(17)16-14(20)18(2)13(10)19/h4-7,10H,1-3H3. The van der Waals surface area contributed by atoms with E-state index in [4.69, 9.17) is 4.74 Å². The third kappa shape index (κ3) is 1.97. The van der Waals surface area contributed by atoms with Crippen LogP contribution in [0.5, 0.6) is 5.75 Å². The summed E-state index contributed by atoms with van der Waals surface area (Å²) in [6.07, 6.45) is 0. The number of imide groups is 1. The van der Waals surface area contributed by atoms with E-state index in [1.54, 1.807) is 19.1 Å². The summed E-state index contributed by atoms with van der Waals surface area (Å²) in [5.74, 6) is 1.35. The number of hydrogen-bond donors (Lipinski definition) is 0. The van der Waals surface area contributed by atoms with E-state index in [0.29, 0.717) is 11.7 Å². The van der Waals surface area contributed by atoms with E-state index < -0.39 is 12.1 Å². The monoisotopic (exact) mass is 286 g/mol. The molecule has 0 saturated carbocycles. The molecule has 2 aliphatic heterocycles. The van der Waals surface area contributed by atoms with Crippen LogP contribution in [0.4, 0.5) is 4.79 Å². The highest BCUT2D eigenvalue weighted by Gasteiger charge is 2.42. The van der Waals surface area contributed by atoms with Crippen molar-refractivity contribution in [3.05, 3.63) is 29.8 Å². The first-order valence-corrected chi connectivity index (χ1v) is 6.39. The third-order valence-electron chi connectivity index (χ3n) is 3.57. The summed E-state index contributed by atoms with van der Waals surface area (Å²) in [4.78, 5) is 34.8. The number of aliphatic imine (C=N–C) groups is 2. The second-order valence-corrected chi connectivity index (χ2v) is 4.79. The van der Waals surface area contributed by atoms with E-state index in [1.807, 2.05) is 24.3 Å². The molecule has 0 saturated heterocycles. The molecular formula is C14H14N4O3. The van der Waals surface area contributed by atoms with Crippen molar-refractivity contribution >= 4 is 23.6 Å². The fourth-order valence-electron chi connectivity index (χ4n) is 2.32. The Morgan fingerprint density at radius 1 is 1.10 bits per heavy atom. The molecule has 2 heterocycles. The molecule has 0 radical (unpaired) electrons.